The second-order valence-electron chi connectivity index (χ2n) is 6.83. The van der Waals surface area contributed by atoms with Gasteiger partial charge in [-0.05, 0) is 23.6 Å². The van der Waals surface area contributed by atoms with E-state index in [2.05, 4.69) is 38.6 Å². The van der Waals surface area contributed by atoms with Crippen LogP contribution in [-0.2, 0) is 19.6 Å². The third-order valence-corrected chi connectivity index (χ3v) is 4.20. The minimum Gasteiger partial charge on any atom is -0.454 e. The van der Waals surface area contributed by atoms with E-state index in [0.29, 0.717) is 19.3 Å². The number of benzene rings is 1. The fraction of sp³-hybridized carbons (Fsp3) is 0.474. The predicted octanol–water partition coefficient (Wildman–Crippen LogP) is 2.48. The number of ether oxygens (including phenoxy) is 2. The quantitative estimate of drug-likeness (QED) is 0.636. The van der Waals surface area contributed by atoms with Crippen LogP contribution in [0.4, 0.5) is 0 Å². The van der Waals surface area contributed by atoms with E-state index >= 15 is 0 Å². The maximum Gasteiger partial charge on any atom is 0.231 e. The zero-order chi connectivity index (χ0) is 18.5. The van der Waals surface area contributed by atoms with Crippen LogP contribution in [0, 0.1) is 5.92 Å². The molecule has 0 fully saturated rings. The largest absolute Gasteiger partial charge is 0.454 e. The van der Waals surface area contributed by atoms with Gasteiger partial charge >= 0.3 is 0 Å². The highest BCUT2D eigenvalue weighted by Crippen LogP contribution is 2.32. The Morgan fingerprint density at radius 3 is 2.92 bits per heavy atom. The molecule has 3 rings (SSSR count). The number of rotatable bonds is 6. The zero-order valence-corrected chi connectivity index (χ0v) is 15.9. The van der Waals surface area contributed by atoms with Crippen LogP contribution in [0.1, 0.15) is 25.2 Å². The van der Waals surface area contributed by atoms with E-state index in [1.54, 1.807) is 7.05 Å². The first kappa shape index (κ1) is 18.1. The number of aliphatic imine (C=N–C) groups is 1. The lowest BCUT2D eigenvalue weighted by Gasteiger charge is -2.22. The molecular weight excluding hydrogens is 330 g/mol. The molecule has 1 N–H and O–H groups in total. The van der Waals surface area contributed by atoms with Crippen LogP contribution in [0.3, 0.4) is 0 Å². The molecule has 0 bridgehead atoms. The molecule has 1 aromatic carbocycles. The molecule has 0 saturated heterocycles. The molecule has 0 amide bonds. The molecule has 2 aromatic rings. The number of fused-ring (bicyclic) bond motifs is 1. The van der Waals surface area contributed by atoms with Gasteiger partial charge < -0.3 is 24.3 Å². The molecule has 2 heterocycles. The normalized spacial score (nSPS) is 13.3. The average Bonchev–Trinajstić information content (AvgIpc) is 3.23. The summed E-state index contributed by atoms with van der Waals surface area (Å²) in [5, 5.41) is 3.39. The first-order valence-corrected chi connectivity index (χ1v) is 8.87. The molecule has 0 aliphatic carbocycles. The molecule has 1 aliphatic heterocycles. The molecule has 26 heavy (non-hydrogen) atoms. The van der Waals surface area contributed by atoms with Crippen molar-refractivity contribution in [1.82, 2.24) is 19.8 Å². The van der Waals surface area contributed by atoms with Gasteiger partial charge in [-0.1, -0.05) is 19.9 Å². The molecule has 0 unspecified atom stereocenters. The van der Waals surface area contributed by atoms with E-state index in [1.807, 2.05) is 37.6 Å². The lowest BCUT2D eigenvalue weighted by atomic mass is 10.2. The van der Waals surface area contributed by atoms with Crippen molar-refractivity contribution in [2.24, 2.45) is 10.9 Å². The van der Waals surface area contributed by atoms with Crippen LogP contribution in [0.5, 0.6) is 11.5 Å². The maximum absolute atomic E-state index is 5.45. The molecule has 140 valence electrons. The minimum absolute atomic E-state index is 0.293. The topological polar surface area (TPSA) is 63.9 Å². The average molecular weight is 357 g/mol. The summed E-state index contributed by atoms with van der Waals surface area (Å²) in [4.78, 5) is 10.9. The third-order valence-electron chi connectivity index (χ3n) is 4.20. The third kappa shape index (κ3) is 4.28. The highest BCUT2D eigenvalue weighted by atomic mass is 16.7. The summed E-state index contributed by atoms with van der Waals surface area (Å²) in [6.07, 6.45) is 3.87. The van der Waals surface area contributed by atoms with Crippen molar-refractivity contribution in [2.75, 3.05) is 20.9 Å². The van der Waals surface area contributed by atoms with E-state index in [0.717, 1.165) is 41.9 Å². The molecule has 0 radical (unpaired) electrons. The smallest absolute Gasteiger partial charge is 0.231 e. The number of aromatic nitrogens is 2. The van der Waals surface area contributed by atoms with Crippen molar-refractivity contribution in [2.45, 2.75) is 33.5 Å². The van der Waals surface area contributed by atoms with Gasteiger partial charge in [-0.2, -0.15) is 0 Å². The molecule has 1 aliphatic rings. The Morgan fingerprint density at radius 2 is 2.15 bits per heavy atom. The van der Waals surface area contributed by atoms with Gasteiger partial charge in [0.1, 0.15) is 5.82 Å². The van der Waals surface area contributed by atoms with Crippen LogP contribution in [-0.4, -0.2) is 41.3 Å². The number of guanidine groups is 1. The standard InChI is InChI=1S/C19H27N5O2/c1-14(2)11-24-8-7-21-18(24)10-22-19(20-3)23(4)12-15-5-6-16-17(9-15)26-13-25-16/h5-9,14H,10-13H2,1-4H3,(H,20,22). The van der Waals surface area contributed by atoms with Crippen LogP contribution < -0.4 is 14.8 Å². The number of hydrogen-bond donors (Lipinski definition) is 1. The van der Waals surface area contributed by atoms with Gasteiger partial charge in [-0.25, -0.2) is 4.98 Å². The van der Waals surface area contributed by atoms with Gasteiger partial charge in [0.15, 0.2) is 17.5 Å². The van der Waals surface area contributed by atoms with Crippen LogP contribution in [0.15, 0.2) is 35.6 Å². The molecule has 7 nitrogen and oxygen atoms in total. The van der Waals surface area contributed by atoms with E-state index in [1.165, 1.54) is 0 Å². The van der Waals surface area contributed by atoms with E-state index in [-0.39, 0.29) is 0 Å². The van der Waals surface area contributed by atoms with Crippen molar-refractivity contribution < 1.29 is 9.47 Å². The van der Waals surface area contributed by atoms with Crippen molar-refractivity contribution in [1.29, 1.82) is 0 Å². The summed E-state index contributed by atoms with van der Waals surface area (Å²) < 4.78 is 13.0. The number of nitrogens with one attached hydrogen (secondary N) is 1. The Bertz CT molecular complexity index is 769. The van der Waals surface area contributed by atoms with Crippen molar-refractivity contribution in [3.63, 3.8) is 0 Å². The summed E-state index contributed by atoms with van der Waals surface area (Å²) in [6, 6.07) is 6.01. The van der Waals surface area contributed by atoms with Crippen LogP contribution in [0.25, 0.3) is 0 Å². The SMILES string of the molecule is CN=C(NCc1nccn1CC(C)C)N(C)Cc1ccc2c(c1)OCO2. The molecule has 0 atom stereocenters. The van der Waals surface area contributed by atoms with Crippen molar-refractivity contribution >= 4 is 5.96 Å². The molecule has 7 heteroatoms. The summed E-state index contributed by atoms with van der Waals surface area (Å²) in [5.74, 6) is 4.01. The second-order valence-corrected chi connectivity index (χ2v) is 6.83. The summed E-state index contributed by atoms with van der Waals surface area (Å²) >= 11 is 0. The van der Waals surface area contributed by atoms with Gasteiger partial charge in [0, 0.05) is 39.6 Å². The molecule has 1 aromatic heterocycles. The van der Waals surface area contributed by atoms with Gasteiger partial charge in [0.25, 0.3) is 0 Å². The van der Waals surface area contributed by atoms with Crippen LogP contribution >= 0.6 is 0 Å². The lowest BCUT2D eigenvalue weighted by Crippen LogP contribution is -2.38. The Morgan fingerprint density at radius 1 is 1.35 bits per heavy atom. The number of hydrogen-bond acceptors (Lipinski definition) is 4. The fourth-order valence-electron chi connectivity index (χ4n) is 3.00. The van der Waals surface area contributed by atoms with Gasteiger partial charge in [-0.15, -0.1) is 0 Å². The number of imidazole rings is 1. The van der Waals surface area contributed by atoms with Crippen molar-refractivity contribution in [3.05, 3.63) is 42.0 Å². The van der Waals surface area contributed by atoms with Gasteiger partial charge in [-0.3, -0.25) is 4.99 Å². The Kier molecular flexibility index (Phi) is 5.65. The summed E-state index contributed by atoms with van der Waals surface area (Å²) in [5.41, 5.74) is 1.14. The Hall–Kier alpha value is -2.70. The highest BCUT2D eigenvalue weighted by Gasteiger charge is 2.15. The van der Waals surface area contributed by atoms with E-state index < -0.39 is 0 Å². The fourth-order valence-corrected chi connectivity index (χ4v) is 3.00. The highest BCUT2D eigenvalue weighted by molar-refractivity contribution is 5.79. The van der Waals surface area contributed by atoms with E-state index in [9.17, 15) is 0 Å². The first-order chi connectivity index (χ1) is 12.6. The monoisotopic (exact) mass is 357 g/mol. The second kappa shape index (κ2) is 8.12. The molecule has 0 spiro atoms. The summed E-state index contributed by atoms with van der Waals surface area (Å²) in [6.45, 7) is 7.02. The summed E-state index contributed by atoms with van der Waals surface area (Å²) in [7, 11) is 3.81. The molecule has 0 saturated carbocycles. The number of nitrogens with zero attached hydrogens (tertiary/aromatic N) is 4. The van der Waals surface area contributed by atoms with Crippen LogP contribution in [0.2, 0.25) is 0 Å². The predicted molar refractivity (Wildman–Crippen MR) is 101 cm³/mol. The minimum atomic E-state index is 0.293. The van der Waals surface area contributed by atoms with Crippen molar-refractivity contribution in [3.8, 4) is 11.5 Å². The zero-order valence-electron chi connectivity index (χ0n) is 15.9. The Labute approximate surface area is 154 Å². The molecular formula is C19H27N5O2. The first-order valence-electron chi connectivity index (χ1n) is 8.87. The lowest BCUT2D eigenvalue weighted by molar-refractivity contribution is 0.174. The van der Waals surface area contributed by atoms with Gasteiger partial charge in [0.2, 0.25) is 6.79 Å². The maximum atomic E-state index is 5.45. The Balaban J connectivity index is 1.59. The van der Waals surface area contributed by atoms with E-state index in [4.69, 9.17) is 9.47 Å². The van der Waals surface area contributed by atoms with Gasteiger partial charge in [0.05, 0.1) is 6.54 Å².